The van der Waals surface area contributed by atoms with Crippen molar-refractivity contribution in [1.29, 1.82) is 0 Å². The van der Waals surface area contributed by atoms with Gasteiger partial charge in [0, 0.05) is 11.4 Å². The van der Waals surface area contributed by atoms with Crippen LogP contribution in [0.25, 0.3) is 0 Å². The SMILES string of the molecule is CCC1=CC=C(NC2=CC=C(CC)CC2)CC1. The molecule has 0 saturated heterocycles. The van der Waals surface area contributed by atoms with Gasteiger partial charge in [0.05, 0.1) is 0 Å². The Bertz CT molecular complexity index is 356. The summed E-state index contributed by atoms with van der Waals surface area (Å²) in [5, 5.41) is 3.58. The maximum absolute atomic E-state index is 3.58. The third-order valence-corrected chi connectivity index (χ3v) is 3.70. The van der Waals surface area contributed by atoms with Gasteiger partial charge in [-0.1, -0.05) is 37.1 Å². The first-order valence-corrected chi connectivity index (χ1v) is 6.86. The lowest BCUT2D eigenvalue weighted by atomic mass is 9.98. The summed E-state index contributed by atoms with van der Waals surface area (Å²) in [5.74, 6) is 0. The third-order valence-electron chi connectivity index (χ3n) is 3.70. The minimum Gasteiger partial charge on any atom is -0.362 e. The molecule has 0 saturated carbocycles. The van der Waals surface area contributed by atoms with Crippen LogP contribution in [0.15, 0.2) is 46.8 Å². The van der Waals surface area contributed by atoms with E-state index in [4.69, 9.17) is 0 Å². The smallest absolute Gasteiger partial charge is 0.0151 e. The van der Waals surface area contributed by atoms with E-state index >= 15 is 0 Å². The quantitative estimate of drug-likeness (QED) is 0.742. The summed E-state index contributed by atoms with van der Waals surface area (Å²) in [6.45, 7) is 4.47. The van der Waals surface area contributed by atoms with Crippen LogP contribution >= 0.6 is 0 Å². The molecule has 0 aromatic heterocycles. The number of rotatable bonds is 4. The fourth-order valence-electron chi connectivity index (χ4n) is 2.36. The molecular formula is C16H23N. The van der Waals surface area contributed by atoms with Crippen LogP contribution in [-0.2, 0) is 0 Å². The van der Waals surface area contributed by atoms with Gasteiger partial charge in [0.15, 0.2) is 0 Å². The molecule has 0 heterocycles. The van der Waals surface area contributed by atoms with Crippen molar-refractivity contribution in [3.05, 3.63) is 46.8 Å². The van der Waals surface area contributed by atoms with E-state index in [2.05, 4.69) is 43.5 Å². The van der Waals surface area contributed by atoms with Crippen molar-refractivity contribution in [3.8, 4) is 0 Å². The maximum Gasteiger partial charge on any atom is 0.0151 e. The Hall–Kier alpha value is -1.24. The molecule has 1 N–H and O–H groups in total. The van der Waals surface area contributed by atoms with E-state index in [-0.39, 0.29) is 0 Å². The van der Waals surface area contributed by atoms with Crippen LogP contribution in [0.5, 0.6) is 0 Å². The summed E-state index contributed by atoms with van der Waals surface area (Å²) >= 11 is 0. The zero-order valence-electron chi connectivity index (χ0n) is 11.1. The lowest BCUT2D eigenvalue weighted by Gasteiger charge is -2.20. The molecule has 1 nitrogen and oxygen atoms in total. The van der Waals surface area contributed by atoms with E-state index in [1.807, 2.05) is 0 Å². The van der Waals surface area contributed by atoms with Crippen molar-refractivity contribution in [1.82, 2.24) is 5.32 Å². The molecule has 0 spiro atoms. The highest BCUT2D eigenvalue weighted by atomic mass is 14.9. The zero-order valence-corrected chi connectivity index (χ0v) is 11.1. The van der Waals surface area contributed by atoms with Gasteiger partial charge in [0.1, 0.15) is 0 Å². The van der Waals surface area contributed by atoms with Crippen LogP contribution in [0.1, 0.15) is 52.4 Å². The molecule has 0 fully saturated rings. The molecule has 92 valence electrons. The first-order valence-electron chi connectivity index (χ1n) is 6.86. The predicted molar refractivity (Wildman–Crippen MR) is 74.5 cm³/mol. The lowest BCUT2D eigenvalue weighted by Crippen LogP contribution is -2.15. The topological polar surface area (TPSA) is 12.0 Å². The van der Waals surface area contributed by atoms with E-state index < -0.39 is 0 Å². The monoisotopic (exact) mass is 229 g/mol. The summed E-state index contributed by atoms with van der Waals surface area (Å²) < 4.78 is 0. The molecule has 0 amide bonds. The normalized spacial score (nSPS) is 20.1. The van der Waals surface area contributed by atoms with Crippen molar-refractivity contribution in [2.24, 2.45) is 0 Å². The summed E-state index contributed by atoms with van der Waals surface area (Å²) in [6.07, 6.45) is 16.2. The van der Waals surface area contributed by atoms with Crippen LogP contribution in [0.4, 0.5) is 0 Å². The second-order valence-electron chi connectivity index (χ2n) is 4.87. The van der Waals surface area contributed by atoms with Crippen LogP contribution < -0.4 is 5.32 Å². The van der Waals surface area contributed by atoms with Crippen LogP contribution in [0, 0.1) is 0 Å². The van der Waals surface area contributed by atoms with Gasteiger partial charge in [0.2, 0.25) is 0 Å². The summed E-state index contributed by atoms with van der Waals surface area (Å²) in [5.41, 5.74) is 5.89. The Balaban J connectivity index is 1.95. The average molecular weight is 229 g/mol. The van der Waals surface area contributed by atoms with Gasteiger partial charge in [0.25, 0.3) is 0 Å². The Kier molecular flexibility index (Phi) is 4.24. The molecule has 2 rings (SSSR count). The average Bonchev–Trinajstić information content (AvgIpc) is 2.40. The Morgan fingerprint density at radius 3 is 1.53 bits per heavy atom. The van der Waals surface area contributed by atoms with Gasteiger partial charge < -0.3 is 5.32 Å². The number of hydrogen-bond acceptors (Lipinski definition) is 1. The highest BCUT2D eigenvalue weighted by molar-refractivity contribution is 5.29. The molecular weight excluding hydrogens is 206 g/mol. The Morgan fingerprint density at radius 2 is 1.24 bits per heavy atom. The maximum atomic E-state index is 3.58. The fraction of sp³-hybridized carbons (Fsp3) is 0.500. The minimum atomic E-state index is 1.17. The van der Waals surface area contributed by atoms with E-state index in [0.29, 0.717) is 0 Å². The largest absolute Gasteiger partial charge is 0.362 e. The number of nitrogens with one attached hydrogen (secondary N) is 1. The molecule has 0 bridgehead atoms. The van der Waals surface area contributed by atoms with E-state index in [9.17, 15) is 0 Å². The molecule has 0 aliphatic heterocycles. The molecule has 17 heavy (non-hydrogen) atoms. The van der Waals surface area contributed by atoms with Gasteiger partial charge in [-0.2, -0.15) is 0 Å². The number of allylic oxidation sites excluding steroid dienone is 8. The second kappa shape index (κ2) is 5.90. The third kappa shape index (κ3) is 3.36. The summed E-state index contributed by atoms with van der Waals surface area (Å²) in [6, 6.07) is 0. The lowest BCUT2D eigenvalue weighted by molar-refractivity contribution is 0.740. The van der Waals surface area contributed by atoms with E-state index in [0.717, 1.165) is 0 Å². The molecule has 0 atom stereocenters. The molecule has 2 aliphatic carbocycles. The standard InChI is InChI=1S/C16H23N/c1-3-13-5-9-15(10-6-13)17-16-11-7-14(4-2)8-12-16/h5,7,9,11,17H,3-4,6,8,10,12H2,1-2H3. The molecule has 0 aromatic carbocycles. The van der Waals surface area contributed by atoms with Crippen molar-refractivity contribution >= 4 is 0 Å². The van der Waals surface area contributed by atoms with E-state index in [1.165, 1.54) is 49.9 Å². The highest BCUT2D eigenvalue weighted by Gasteiger charge is 2.09. The predicted octanol–water partition coefficient (Wildman–Crippen LogP) is 4.60. The van der Waals surface area contributed by atoms with Crippen LogP contribution in [-0.4, -0.2) is 0 Å². The Morgan fingerprint density at radius 1 is 0.765 bits per heavy atom. The first-order chi connectivity index (χ1) is 8.31. The zero-order chi connectivity index (χ0) is 12.1. The van der Waals surface area contributed by atoms with Crippen LogP contribution in [0.3, 0.4) is 0 Å². The molecule has 0 radical (unpaired) electrons. The van der Waals surface area contributed by atoms with Crippen LogP contribution in [0.2, 0.25) is 0 Å². The van der Waals surface area contributed by atoms with Crippen molar-refractivity contribution < 1.29 is 0 Å². The van der Waals surface area contributed by atoms with Gasteiger partial charge >= 0.3 is 0 Å². The van der Waals surface area contributed by atoms with Gasteiger partial charge in [-0.15, -0.1) is 0 Å². The molecule has 1 heteroatoms. The van der Waals surface area contributed by atoms with Crippen molar-refractivity contribution in [2.45, 2.75) is 52.4 Å². The molecule has 0 aromatic rings. The fourth-order valence-corrected chi connectivity index (χ4v) is 2.36. The van der Waals surface area contributed by atoms with Crippen molar-refractivity contribution in [2.75, 3.05) is 0 Å². The molecule has 0 unspecified atom stereocenters. The van der Waals surface area contributed by atoms with Gasteiger partial charge in [-0.05, 0) is 50.7 Å². The van der Waals surface area contributed by atoms with Gasteiger partial charge in [-0.3, -0.25) is 0 Å². The van der Waals surface area contributed by atoms with Gasteiger partial charge in [-0.25, -0.2) is 0 Å². The minimum absolute atomic E-state index is 1.17. The number of hydrogen-bond donors (Lipinski definition) is 1. The Labute approximate surface area is 105 Å². The highest BCUT2D eigenvalue weighted by Crippen LogP contribution is 2.23. The van der Waals surface area contributed by atoms with Crippen molar-refractivity contribution in [3.63, 3.8) is 0 Å². The second-order valence-corrected chi connectivity index (χ2v) is 4.87. The van der Waals surface area contributed by atoms with E-state index in [1.54, 1.807) is 11.1 Å². The summed E-state index contributed by atoms with van der Waals surface area (Å²) in [7, 11) is 0. The first kappa shape index (κ1) is 12.2. The molecule has 2 aliphatic rings. The summed E-state index contributed by atoms with van der Waals surface area (Å²) in [4.78, 5) is 0.